The van der Waals surface area contributed by atoms with Crippen molar-refractivity contribution in [2.75, 3.05) is 12.4 Å². The van der Waals surface area contributed by atoms with Crippen LogP contribution in [-0.4, -0.2) is 44.9 Å². The molecule has 3 N–H and O–H groups in total. The second-order valence-electron chi connectivity index (χ2n) is 7.11. The van der Waals surface area contributed by atoms with Crippen LogP contribution in [0, 0.1) is 0 Å². The maximum atomic E-state index is 13.7. The molecule has 2 aromatic rings. The number of sulfonamides is 1. The minimum absolute atomic E-state index is 0.0275. The fraction of sp³-hybridized carbons (Fsp3) is 0.400. The highest BCUT2D eigenvalue weighted by Gasteiger charge is 2.33. The Morgan fingerprint density at radius 1 is 1.23 bits per heavy atom. The van der Waals surface area contributed by atoms with Crippen molar-refractivity contribution in [3.8, 4) is 0 Å². The lowest BCUT2D eigenvalue weighted by Crippen LogP contribution is -2.48. The first-order chi connectivity index (χ1) is 14.4. The molecule has 3 unspecified atom stereocenters. The van der Waals surface area contributed by atoms with Gasteiger partial charge in [-0.15, -0.1) is 0 Å². The van der Waals surface area contributed by atoms with E-state index in [1.807, 2.05) is 6.07 Å². The number of pyridine rings is 1. The summed E-state index contributed by atoms with van der Waals surface area (Å²) >= 11 is 0. The molecule has 3 rings (SSSR count). The predicted octanol–water partition coefficient (Wildman–Crippen LogP) is 2.59. The van der Waals surface area contributed by atoms with E-state index in [0.29, 0.717) is 25.1 Å². The van der Waals surface area contributed by atoms with Crippen LogP contribution < -0.4 is 15.4 Å². The van der Waals surface area contributed by atoms with Crippen LogP contribution >= 0.6 is 0 Å². The van der Waals surface area contributed by atoms with Gasteiger partial charge in [0.2, 0.25) is 10.0 Å². The van der Waals surface area contributed by atoms with E-state index < -0.39 is 28.3 Å². The molecule has 1 aromatic heterocycles. The molecule has 1 saturated carbocycles. The number of nitrogens with zero attached hydrogens (tertiary/aromatic N) is 1. The standard InChI is InChI=1S/C20H25FN4O4S/c1-29-19-9-4-15(21)11-18(19)25-30(27,28)17-7-5-16(6-8-17)24-20(26)23-13-14-3-2-10-22-12-14/h2-3,5-8,10,12,15,18-19,25H,4,9,11,13H2,1H3,(H2,23,24,26). The van der Waals surface area contributed by atoms with Crippen LogP contribution in [0.4, 0.5) is 14.9 Å². The highest BCUT2D eigenvalue weighted by molar-refractivity contribution is 7.89. The van der Waals surface area contributed by atoms with Gasteiger partial charge in [-0.1, -0.05) is 6.07 Å². The zero-order valence-electron chi connectivity index (χ0n) is 16.5. The van der Waals surface area contributed by atoms with Crippen LogP contribution in [0.15, 0.2) is 53.7 Å². The Hall–Kier alpha value is -2.56. The van der Waals surface area contributed by atoms with Gasteiger partial charge in [-0.2, -0.15) is 0 Å². The van der Waals surface area contributed by atoms with Gasteiger partial charge >= 0.3 is 6.03 Å². The highest BCUT2D eigenvalue weighted by atomic mass is 32.2. The minimum atomic E-state index is -3.85. The third-order valence-electron chi connectivity index (χ3n) is 4.93. The Labute approximate surface area is 175 Å². The molecule has 0 saturated heterocycles. The Morgan fingerprint density at radius 2 is 2.00 bits per heavy atom. The number of ether oxygens (including phenoxy) is 1. The fourth-order valence-electron chi connectivity index (χ4n) is 3.34. The molecule has 1 aromatic carbocycles. The highest BCUT2D eigenvalue weighted by Crippen LogP contribution is 2.25. The van der Waals surface area contributed by atoms with E-state index in [-0.39, 0.29) is 17.4 Å². The predicted molar refractivity (Wildman–Crippen MR) is 110 cm³/mol. The first-order valence-corrected chi connectivity index (χ1v) is 11.1. The van der Waals surface area contributed by atoms with Crippen LogP contribution in [0.5, 0.6) is 0 Å². The van der Waals surface area contributed by atoms with Gasteiger partial charge in [0.25, 0.3) is 0 Å². The maximum Gasteiger partial charge on any atom is 0.319 e. The molecule has 3 atom stereocenters. The first kappa shape index (κ1) is 22.1. The van der Waals surface area contributed by atoms with Crippen molar-refractivity contribution in [1.29, 1.82) is 0 Å². The quantitative estimate of drug-likeness (QED) is 0.618. The Balaban J connectivity index is 1.57. The van der Waals surface area contributed by atoms with E-state index in [1.54, 1.807) is 18.5 Å². The molecule has 1 fully saturated rings. The number of hydrogen-bond donors (Lipinski definition) is 3. The fourth-order valence-corrected chi connectivity index (χ4v) is 4.62. The Bertz CT molecular complexity index is 941. The first-order valence-electron chi connectivity index (χ1n) is 9.60. The van der Waals surface area contributed by atoms with Crippen molar-refractivity contribution in [3.05, 3.63) is 54.4 Å². The number of anilines is 1. The van der Waals surface area contributed by atoms with Gasteiger partial charge in [0.1, 0.15) is 6.17 Å². The number of alkyl halides is 1. The summed E-state index contributed by atoms with van der Waals surface area (Å²) in [6.45, 7) is 0.313. The molecule has 1 aliphatic rings. The molecule has 1 heterocycles. The minimum Gasteiger partial charge on any atom is -0.380 e. The summed E-state index contributed by atoms with van der Waals surface area (Å²) in [6.07, 6.45) is 2.78. The second kappa shape index (κ2) is 9.96. The van der Waals surface area contributed by atoms with Crippen LogP contribution in [-0.2, 0) is 21.3 Å². The number of methoxy groups -OCH3 is 1. The summed E-state index contributed by atoms with van der Waals surface area (Å²) in [5.74, 6) is 0. The molecule has 0 radical (unpaired) electrons. The lowest BCUT2D eigenvalue weighted by atomic mass is 9.92. The van der Waals surface area contributed by atoms with Gasteiger partial charge in [0.15, 0.2) is 0 Å². The number of carbonyl (C=O) groups is 1. The van der Waals surface area contributed by atoms with E-state index >= 15 is 0 Å². The van der Waals surface area contributed by atoms with E-state index in [9.17, 15) is 17.6 Å². The van der Waals surface area contributed by atoms with Gasteiger partial charge in [-0.25, -0.2) is 22.3 Å². The number of benzene rings is 1. The van der Waals surface area contributed by atoms with E-state index in [2.05, 4.69) is 20.3 Å². The van der Waals surface area contributed by atoms with Crippen LogP contribution in [0.25, 0.3) is 0 Å². The summed E-state index contributed by atoms with van der Waals surface area (Å²) in [5, 5.41) is 5.33. The topological polar surface area (TPSA) is 109 Å². The van der Waals surface area contributed by atoms with Gasteiger partial charge in [-0.05, 0) is 55.2 Å². The van der Waals surface area contributed by atoms with Crippen LogP contribution in [0.3, 0.4) is 0 Å². The zero-order chi connectivity index (χ0) is 21.6. The lowest BCUT2D eigenvalue weighted by molar-refractivity contribution is 0.0271. The number of nitrogens with one attached hydrogen (secondary N) is 3. The van der Waals surface area contributed by atoms with Gasteiger partial charge in [0, 0.05) is 31.7 Å². The molecular weight excluding hydrogens is 411 g/mol. The molecule has 0 bridgehead atoms. The molecule has 2 amide bonds. The third kappa shape index (κ3) is 5.97. The molecule has 10 heteroatoms. The summed E-state index contributed by atoms with van der Waals surface area (Å²) in [7, 11) is -2.36. The number of halogens is 1. The average molecular weight is 437 g/mol. The van der Waals surface area contributed by atoms with Crippen LogP contribution in [0.2, 0.25) is 0 Å². The maximum absolute atomic E-state index is 13.7. The normalized spacial score (nSPS) is 21.7. The zero-order valence-corrected chi connectivity index (χ0v) is 17.4. The number of carbonyl (C=O) groups excluding carboxylic acids is 1. The number of rotatable bonds is 7. The SMILES string of the molecule is COC1CCC(F)CC1NS(=O)(=O)c1ccc(NC(=O)NCc2cccnc2)cc1. The van der Waals surface area contributed by atoms with E-state index in [0.717, 1.165) is 5.56 Å². The Kier molecular flexibility index (Phi) is 7.35. The van der Waals surface area contributed by atoms with Gasteiger partial charge in [-0.3, -0.25) is 4.98 Å². The summed E-state index contributed by atoms with van der Waals surface area (Å²) in [6, 6.07) is 8.32. The molecule has 8 nitrogen and oxygen atoms in total. The van der Waals surface area contributed by atoms with Crippen molar-refractivity contribution >= 4 is 21.7 Å². The van der Waals surface area contributed by atoms with Crippen LogP contribution in [0.1, 0.15) is 24.8 Å². The summed E-state index contributed by atoms with van der Waals surface area (Å²) < 4.78 is 46.9. The monoisotopic (exact) mass is 436 g/mol. The van der Waals surface area contributed by atoms with Crippen molar-refractivity contribution in [2.24, 2.45) is 0 Å². The van der Waals surface area contributed by atoms with Crippen molar-refractivity contribution in [1.82, 2.24) is 15.0 Å². The largest absolute Gasteiger partial charge is 0.380 e. The summed E-state index contributed by atoms with van der Waals surface area (Å²) in [4.78, 5) is 16.0. The van der Waals surface area contributed by atoms with Crippen molar-refractivity contribution in [2.45, 2.75) is 49.0 Å². The van der Waals surface area contributed by atoms with Crippen molar-refractivity contribution < 1.29 is 22.3 Å². The van der Waals surface area contributed by atoms with Crippen molar-refractivity contribution in [3.63, 3.8) is 0 Å². The molecule has 30 heavy (non-hydrogen) atoms. The Morgan fingerprint density at radius 3 is 2.67 bits per heavy atom. The number of amides is 2. The smallest absolute Gasteiger partial charge is 0.319 e. The number of hydrogen-bond acceptors (Lipinski definition) is 5. The molecule has 0 aliphatic heterocycles. The number of aromatic nitrogens is 1. The molecule has 162 valence electrons. The molecule has 1 aliphatic carbocycles. The van der Waals surface area contributed by atoms with E-state index in [4.69, 9.17) is 4.74 Å². The van der Waals surface area contributed by atoms with Gasteiger partial charge in [0.05, 0.1) is 17.0 Å². The molecule has 0 spiro atoms. The average Bonchev–Trinajstić information content (AvgIpc) is 2.73. The summed E-state index contributed by atoms with van der Waals surface area (Å²) in [5.41, 5.74) is 1.29. The van der Waals surface area contributed by atoms with E-state index in [1.165, 1.54) is 31.4 Å². The lowest BCUT2D eigenvalue weighted by Gasteiger charge is -2.32. The third-order valence-corrected chi connectivity index (χ3v) is 6.44. The molecular formula is C20H25FN4O4S. The second-order valence-corrected chi connectivity index (χ2v) is 8.82. The number of urea groups is 1. The van der Waals surface area contributed by atoms with Gasteiger partial charge < -0.3 is 15.4 Å².